The number of aliphatic hydroxyl groups excluding tert-OH is 1. The number of rotatable bonds is 13. The lowest BCUT2D eigenvalue weighted by Gasteiger charge is -2.41. The minimum atomic E-state index is -1.21. The van der Waals surface area contributed by atoms with Crippen LogP contribution >= 0.6 is 23.2 Å². The van der Waals surface area contributed by atoms with E-state index in [1.165, 1.54) is 0 Å². The van der Waals surface area contributed by atoms with Gasteiger partial charge in [-0.15, -0.1) is 0 Å². The summed E-state index contributed by atoms with van der Waals surface area (Å²) in [7, 11) is 0. The number of amides is 1. The fraction of sp³-hybridized carbons (Fsp3) is 0.204. The van der Waals surface area contributed by atoms with Crippen molar-refractivity contribution in [1.82, 2.24) is 10.2 Å². The van der Waals surface area contributed by atoms with E-state index < -0.39 is 30.4 Å². The minimum absolute atomic E-state index is 0.146. The molecule has 10 nitrogen and oxygen atoms in total. The van der Waals surface area contributed by atoms with Crippen LogP contribution in [-0.4, -0.2) is 45.3 Å². The molecule has 0 fully saturated rings. The number of aliphatic carboxylic acids is 1. The van der Waals surface area contributed by atoms with Crippen LogP contribution in [0, 0.1) is 18.3 Å². The van der Waals surface area contributed by atoms with Gasteiger partial charge in [0.25, 0.3) is 5.91 Å². The molecular formula is C49H42Cl2N4O6. The summed E-state index contributed by atoms with van der Waals surface area (Å²) in [4.78, 5) is 28.3. The van der Waals surface area contributed by atoms with Crippen molar-refractivity contribution in [3.05, 3.63) is 182 Å². The maximum absolute atomic E-state index is 13.5. The van der Waals surface area contributed by atoms with Gasteiger partial charge >= 0.3 is 5.97 Å². The summed E-state index contributed by atoms with van der Waals surface area (Å²) in [6, 6.07) is 39.9. The van der Waals surface area contributed by atoms with Crippen molar-refractivity contribution in [2.75, 3.05) is 5.32 Å². The van der Waals surface area contributed by atoms with Gasteiger partial charge in [-0.3, -0.25) is 19.8 Å². The third kappa shape index (κ3) is 9.58. The van der Waals surface area contributed by atoms with Crippen LogP contribution in [0.3, 0.4) is 0 Å². The molecule has 4 atom stereocenters. The average molecular weight is 854 g/mol. The number of fused-ring (bicyclic) bond motifs is 2. The molecule has 8 rings (SSSR count). The van der Waals surface area contributed by atoms with Gasteiger partial charge in [-0.2, -0.15) is 5.26 Å². The fourth-order valence-corrected chi connectivity index (χ4v) is 8.18. The Morgan fingerprint density at radius 3 is 2.31 bits per heavy atom. The molecule has 12 heteroatoms. The molecule has 4 N–H and O–H groups in total. The highest BCUT2D eigenvalue weighted by atomic mass is 35.5. The fourth-order valence-electron chi connectivity index (χ4n) is 7.85. The number of nitrogens with one attached hydrogen (secondary N) is 2. The summed E-state index contributed by atoms with van der Waals surface area (Å²) in [5, 5.41) is 38.3. The quantitative estimate of drug-likeness (QED) is 0.0837. The first kappa shape index (κ1) is 41.5. The smallest absolute Gasteiger partial charge is 0.321 e. The number of aryl methyl sites for hydroxylation is 1. The number of carboxylic acid groups (broad SMARTS) is 1. The number of hydrogen-bond donors (Lipinski definition) is 4. The molecule has 2 aliphatic rings. The Hall–Kier alpha value is -6.19. The van der Waals surface area contributed by atoms with Gasteiger partial charge in [0.05, 0.1) is 33.4 Å². The SMILES string of the molecule is Cc1ccccc1CN1Cc2cc3c(cc2CC1C(O)N[C@@H](Cc1ccc(-c2ccc(C#N)cc2)cc1)C(=O)O)NC(=O)C(c1ccc(OCc2ccc(Cl)c(Cl)c2)cc1)O3. The predicted octanol–water partition coefficient (Wildman–Crippen LogP) is 9.02. The van der Waals surface area contributed by atoms with E-state index in [1.807, 2.05) is 79.7 Å². The standard InChI is InChI=1S/C49H42Cl2N4O6/c1-29-4-2-3-5-36(29)26-55-27-38-24-45-42(53-48(57)46(61-45)35-15-17-39(18-16-35)60-28-32-10-19-40(50)41(51)20-32)22-37(38)23-44(55)47(56)54-43(49(58)59)21-30-6-11-33(12-7-30)34-13-8-31(25-52)9-14-34/h2-20,22,24,43-44,46-47,54,56H,21,23,26-28H2,1H3,(H,53,57)(H,58,59)/t43-,44?,46?,47?/m0/s1. The number of nitrogens with zero attached hydrogens (tertiary/aromatic N) is 2. The molecule has 0 bridgehead atoms. The Bertz CT molecular complexity index is 2610. The number of benzene rings is 6. The van der Waals surface area contributed by atoms with E-state index in [4.69, 9.17) is 37.9 Å². The number of nitriles is 1. The van der Waals surface area contributed by atoms with Crippen molar-refractivity contribution >= 4 is 40.8 Å². The van der Waals surface area contributed by atoms with Crippen LogP contribution in [0.5, 0.6) is 11.5 Å². The van der Waals surface area contributed by atoms with Crippen LogP contribution in [-0.2, 0) is 42.1 Å². The zero-order valence-corrected chi connectivity index (χ0v) is 34.7. The summed E-state index contributed by atoms with van der Waals surface area (Å²) in [5.74, 6) is -0.246. The first-order chi connectivity index (χ1) is 29.5. The molecule has 6 aromatic carbocycles. The van der Waals surface area contributed by atoms with E-state index in [-0.39, 0.29) is 12.3 Å². The number of carbonyl (C=O) groups excluding carboxylic acids is 1. The molecule has 0 saturated carbocycles. The highest BCUT2D eigenvalue weighted by Crippen LogP contribution is 2.40. The number of ether oxygens (including phenoxy) is 2. The maximum Gasteiger partial charge on any atom is 0.321 e. The Kier molecular flexibility index (Phi) is 12.4. The molecule has 0 saturated heterocycles. The van der Waals surface area contributed by atoms with E-state index in [2.05, 4.69) is 27.7 Å². The van der Waals surface area contributed by atoms with Gasteiger partial charge in [-0.1, -0.05) is 102 Å². The van der Waals surface area contributed by atoms with Gasteiger partial charge in [-0.05, 0) is 113 Å². The lowest BCUT2D eigenvalue weighted by atomic mass is 9.90. The average Bonchev–Trinajstić information content (AvgIpc) is 3.26. The molecule has 0 spiro atoms. The predicted molar refractivity (Wildman–Crippen MR) is 234 cm³/mol. The van der Waals surface area contributed by atoms with Crippen LogP contribution in [0.4, 0.5) is 5.69 Å². The molecular weight excluding hydrogens is 811 g/mol. The molecule has 2 heterocycles. The molecule has 2 aliphatic heterocycles. The van der Waals surface area contributed by atoms with E-state index >= 15 is 0 Å². The summed E-state index contributed by atoms with van der Waals surface area (Å²) in [5.41, 5.74) is 9.41. The molecule has 3 unspecified atom stereocenters. The molecule has 0 radical (unpaired) electrons. The summed E-state index contributed by atoms with van der Waals surface area (Å²) in [6.07, 6.45) is -1.57. The number of halogens is 2. The summed E-state index contributed by atoms with van der Waals surface area (Å²) < 4.78 is 12.3. The number of carbonyl (C=O) groups is 2. The van der Waals surface area contributed by atoms with Crippen molar-refractivity contribution in [2.45, 2.75) is 63.9 Å². The van der Waals surface area contributed by atoms with Gasteiger partial charge in [0, 0.05) is 18.7 Å². The Morgan fingerprint density at radius 2 is 1.62 bits per heavy atom. The second-order valence-electron chi connectivity index (χ2n) is 15.4. The van der Waals surface area contributed by atoms with Crippen molar-refractivity contribution in [2.24, 2.45) is 0 Å². The first-order valence-corrected chi connectivity index (χ1v) is 20.6. The summed E-state index contributed by atoms with van der Waals surface area (Å²) >= 11 is 12.2. The zero-order valence-electron chi connectivity index (χ0n) is 33.1. The molecule has 6 aromatic rings. The zero-order chi connectivity index (χ0) is 42.6. The molecule has 61 heavy (non-hydrogen) atoms. The molecule has 308 valence electrons. The van der Waals surface area contributed by atoms with Crippen molar-refractivity contribution in [1.29, 1.82) is 5.26 Å². The van der Waals surface area contributed by atoms with Crippen LogP contribution < -0.4 is 20.1 Å². The van der Waals surface area contributed by atoms with E-state index in [1.54, 1.807) is 48.5 Å². The molecule has 0 aromatic heterocycles. The topological polar surface area (TPSA) is 144 Å². The van der Waals surface area contributed by atoms with Crippen LogP contribution in [0.1, 0.15) is 50.6 Å². The Labute approximate surface area is 363 Å². The third-order valence-electron chi connectivity index (χ3n) is 11.3. The van der Waals surface area contributed by atoms with E-state index in [0.717, 1.165) is 44.5 Å². The van der Waals surface area contributed by atoms with Crippen LogP contribution in [0.25, 0.3) is 11.1 Å². The molecule has 0 aliphatic carbocycles. The highest BCUT2D eigenvalue weighted by Gasteiger charge is 2.37. The minimum Gasteiger partial charge on any atom is -0.489 e. The molecule has 1 amide bonds. The maximum atomic E-state index is 13.5. The Balaban J connectivity index is 0.983. The van der Waals surface area contributed by atoms with Crippen LogP contribution in [0.15, 0.2) is 127 Å². The van der Waals surface area contributed by atoms with Crippen LogP contribution in [0.2, 0.25) is 10.0 Å². The van der Waals surface area contributed by atoms with Gasteiger partial charge in [-0.25, -0.2) is 0 Å². The van der Waals surface area contributed by atoms with Crippen molar-refractivity contribution in [3.8, 4) is 28.7 Å². The van der Waals surface area contributed by atoms with Crippen molar-refractivity contribution in [3.63, 3.8) is 0 Å². The van der Waals surface area contributed by atoms with E-state index in [9.17, 15) is 19.8 Å². The number of hydrogen-bond acceptors (Lipinski definition) is 8. The van der Waals surface area contributed by atoms with E-state index in [0.29, 0.717) is 64.5 Å². The van der Waals surface area contributed by atoms with Crippen molar-refractivity contribution < 1.29 is 29.3 Å². The third-order valence-corrected chi connectivity index (χ3v) is 12.0. The monoisotopic (exact) mass is 852 g/mol. The normalized spacial score (nSPS) is 16.9. The number of aliphatic hydroxyl groups is 1. The largest absolute Gasteiger partial charge is 0.489 e. The second-order valence-corrected chi connectivity index (χ2v) is 16.2. The number of anilines is 1. The second kappa shape index (κ2) is 18.2. The Morgan fingerprint density at radius 1 is 0.918 bits per heavy atom. The lowest BCUT2D eigenvalue weighted by Crippen LogP contribution is -2.56. The van der Waals surface area contributed by atoms with Gasteiger partial charge in [0.2, 0.25) is 6.10 Å². The highest BCUT2D eigenvalue weighted by molar-refractivity contribution is 6.42. The van der Waals surface area contributed by atoms with Gasteiger partial charge < -0.3 is 25.0 Å². The summed E-state index contributed by atoms with van der Waals surface area (Å²) in [6.45, 7) is 3.30. The lowest BCUT2D eigenvalue weighted by molar-refractivity contribution is -0.141. The first-order valence-electron chi connectivity index (χ1n) is 19.9. The number of carboxylic acids is 1. The van der Waals surface area contributed by atoms with Gasteiger partial charge in [0.15, 0.2) is 0 Å². The van der Waals surface area contributed by atoms with Gasteiger partial charge in [0.1, 0.15) is 30.4 Å².